The summed E-state index contributed by atoms with van der Waals surface area (Å²) in [7, 11) is 2.55. The quantitative estimate of drug-likeness (QED) is 0.553. The van der Waals surface area contributed by atoms with Gasteiger partial charge in [0.05, 0.1) is 0 Å². The summed E-state index contributed by atoms with van der Waals surface area (Å²) in [6, 6.07) is 0. The molecule has 0 atom stereocenters. The Kier molecular flexibility index (Phi) is 5.85. The minimum absolute atomic E-state index is 0.369. The standard InChI is InChI=1S/C13H28B/c1-10(2)8-12(9-11(3)4)14-13(5,6)7/h10-12H,8-9H2,1-7H3. The van der Waals surface area contributed by atoms with Crippen LogP contribution >= 0.6 is 0 Å². The fraction of sp³-hybridized carbons (Fsp3) is 1.00. The molecule has 0 N–H and O–H groups in total. The minimum Gasteiger partial charge on any atom is -0.0678 e. The summed E-state index contributed by atoms with van der Waals surface area (Å²) in [6.07, 6.45) is 2.69. The Morgan fingerprint density at radius 3 is 1.43 bits per heavy atom. The van der Waals surface area contributed by atoms with Crippen LogP contribution in [-0.2, 0) is 0 Å². The van der Waals surface area contributed by atoms with Gasteiger partial charge in [0.15, 0.2) is 0 Å². The van der Waals surface area contributed by atoms with E-state index in [0.29, 0.717) is 5.31 Å². The highest BCUT2D eigenvalue weighted by Crippen LogP contribution is 2.33. The molecule has 0 fully saturated rings. The van der Waals surface area contributed by atoms with Crippen molar-refractivity contribution in [2.24, 2.45) is 11.8 Å². The Bertz CT molecular complexity index is 132. The molecule has 0 saturated heterocycles. The van der Waals surface area contributed by atoms with Crippen molar-refractivity contribution in [2.45, 2.75) is 72.4 Å². The summed E-state index contributed by atoms with van der Waals surface area (Å²) in [6.45, 7) is 16.2. The molecule has 1 radical (unpaired) electrons. The van der Waals surface area contributed by atoms with Crippen LogP contribution in [0.25, 0.3) is 0 Å². The lowest BCUT2D eigenvalue weighted by molar-refractivity contribution is 0.470. The first-order valence-electron chi connectivity index (χ1n) is 6.06. The molecule has 0 spiro atoms. The van der Waals surface area contributed by atoms with Crippen molar-refractivity contribution in [3.8, 4) is 0 Å². The van der Waals surface area contributed by atoms with Crippen LogP contribution in [0.5, 0.6) is 0 Å². The lowest BCUT2D eigenvalue weighted by Gasteiger charge is -2.27. The summed E-state index contributed by atoms with van der Waals surface area (Å²) in [4.78, 5) is 0. The van der Waals surface area contributed by atoms with Crippen LogP contribution in [0.1, 0.15) is 61.3 Å². The Labute approximate surface area is 92.1 Å². The van der Waals surface area contributed by atoms with Crippen LogP contribution < -0.4 is 0 Å². The van der Waals surface area contributed by atoms with E-state index in [1.54, 1.807) is 0 Å². The van der Waals surface area contributed by atoms with Crippen LogP contribution in [0, 0.1) is 11.8 Å². The smallest absolute Gasteiger partial charge is 0.0678 e. The van der Waals surface area contributed by atoms with Crippen LogP contribution in [0.3, 0.4) is 0 Å². The normalized spacial score (nSPS) is 13.0. The summed E-state index contributed by atoms with van der Waals surface area (Å²) in [5.74, 6) is 2.43. The SMILES string of the molecule is CC(C)CC([B]C(C)(C)C)CC(C)C. The second-order valence-electron chi connectivity index (χ2n) is 6.55. The van der Waals surface area contributed by atoms with Gasteiger partial charge >= 0.3 is 0 Å². The molecule has 14 heavy (non-hydrogen) atoms. The Balaban J connectivity index is 4.11. The molecule has 0 amide bonds. The van der Waals surface area contributed by atoms with Gasteiger partial charge in [0.25, 0.3) is 0 Å². The average Bonchev–Trinajstić information content (AvgIpc) is 1.77. The molecule has 83 valence electrons. The van der Waals surface area contributed by atoms with Gasteiger partial charge in [0.1, 0.15) is 7.28 Å². The second-order valence-corrected chi connectivity index (χ2v) is 6.55. The molecule has 0 aliphatic rings. The predicted molar refractivity (Wildman–Crippen MR) is 68.1 cm³/mol. The maximum absolute atomic E-state index is 2.55. The summed E-state index contributed by atoms with van der Waals surface area (Å²) >= 11 is 0. The van der Waals surface area contributed by atoms with Crippen molar-refractivity contribution >= 4 is 7.28 Å². The van der Waals surface area contributed by atoms with Crippen molar-refractivity contribution < 1.29 is 0 Å². The van der Waals surface area contributed by atoms with E-state index in [2.05, 4.69) is 55.7 Å². The largest absolute Gasteiger partial charge is 0.120 e. The summed E-state index contributed by atoms with van der Waals surface area (Å²) in [5.41, 5.74) is 0. The Morgan fingerprint density at radius 2 is 1.21 bits per heavy atom. The minimum atomic E-state index is 0.369. The van der Waals surface area contributed by atoms with Crippen LogP contribution in [0.4, 0.5) is 0 Å². The molecule has 0 rings (SSSR count). The fourth-order valence-corrected chi connectivity index (χ4v) is 2.15. The Hall–Kier alpha value is 0.0649. The van der Waals surface area contributed by atoms with Gasteiger partial charge in [-0.1, -0.05) is 72.4 Å². The van der Waals surface area contributed by atoms with Gasteiger partial charge < -0.3 is 0 Å². The van der Waals surface area contributed by atoms with E-state index < -0.39 is 0 Å². The summed E-state index contributed by atoms with van der Waals surface area (Å²) in [5, 5.41) is 0.369. The van der Waals surface area contributed by atoms with Gasteiger partial charge in [-0.3, -0.25) is 0 Å². The number of hydrogen-bond acceptors (Lipinski definition) is 0. The predicted octanol–water partition coefficient (Wildman–Crippen LogP) is 4.79. The molecule has 0 aromatic rings. The zero-order valence-corrected chi connectivity index (χ0v) is 11.2. The van der Waals surface area contributed by atoms with Crippen molar-refractivity contribution in [1.29, 1.82) is 0 Å². The van der Waals surface area contributed by atoms with Gasteiger partial charge in [-0.25, -0.2) is 0 Å². The summed E-state index contributed by atoms with van der Waals surface area (Å²) < 4.78 is 0. The molecular formula is C13H28B. The molecule has 0 heterocycles. The maximum atomic E-state index is 2.55. The van der Waals surface area contributed by atoms with Crippen molar-refractivity contribution in [3.63, 3.8) is 0 Å². The highest BCUT2D eigenvalue weighted by Gasteiger charge is 2.21. The molecule has 0 aliphatic heterocycles. The topological polar surface area (TPSA) is 0 Å². The van der Waals surface area contributed by atoms with E-state index in [1.165, 1.54) is 12.8 Å². The van der Waals surface area contributed by atoms with Gasteiger partial charge in [0.2, 0.25) is 0 Å². The molecule has 0 unspecified atom stereocenters. The molecule has 0 nitrogen and oxygen atoms in total. The van der Waals surface area contributed by atoms with Gasteiger partial charge in [-0.05, 0) is 11.8 Å². The molecule has 0 bridgehead atoms. The van der Waals surface area contributed by atoms with E-state index in [4.69, 9.17) is 0 Å². The lowest BCUT2D eigenvalue weighted by atomic mass is 9.45. The van der Waals surface area contributed by atoms with E-state index >= 15 is 0 Å². The molecule has 0 aromatic heterocycles. The molecule has 0 aromatic carbocycles. The highest BCUT2D eigenvalue weighted by atomic mass is 14.1. The first-order valence-corrected chi connectivity index (χ1v) is 6.06. The zero-order valence-electron chi connectivity index (χ0n) is 11.2. The number of rotatable bonds is 5. The highest BCUT2D eigenvalue weighted by molar-refractivity contribution is 6.41. The van der Waals surface area contributed by atoms with Gasteiger partial charge in [-0.2, -0.15) is 0 Å². The molecule has 0 aliphatic carbocycles. The second kappa shape index (κ2) is 5.83. The third-order valence-electron chi connectivity index (χ3n) is 2.28. The first-order chi connectivity index (χ1) is 6.20. The third kappa shape index (κ3) is 8.65. The van der Waals surface area contributed by atoms with Crippen LogP contribution in [-0.4, -0.2) is 7.28 Å². The van der Waals surface area contributed by atoms with E-state index in [-0.39, 0.29) is 0 Å². The fourth-order valence-electron chi connectivity index (χ4n) is 2.15. The van der Waals surface area contributed by atoms with Crippen molar-refractivity contribution in [2.75, 3.05) is 0 Å². The van der Waals surface area contributed by atoms with Gasteiger partial charge in [0, 0.05) is 0 Å². The van der Waals surface area contributed by atoms with E-state index in [1.807, 2.05) is 0 Å². The maximum Gasteiger partial charge on any atom is 0.120 e. The van der Waals surface area contributed by atoms with Crippen molar-refractivity contribution in [1.82, 2.24) is 0 Å². The molecule has 0 saturated carbocycles. The average molecular weight is 195 g/mol. The van der Waals surface area contributed by atoms with E-state index in [9.17, 15) is 0 Å². The van der Waals surface area contributed by atoms with Crippen LogP contribution in [0.2, 0.25) is 11.1 Å². The first kappa shape index (κ1) is 14.1. The van der Waals surface area contributed by atoms with Crippen molar-refractivity contribution in [3.05, 3.63) is 0 Å². The zero-order chi connectivity index (χ0) is 11.4. The number of hydrogen-bond donors (Lipinski definition) is 0. The van der Waals surface area contributed by atoms with E-state index in [0.717, 1.165) is 17.7 Å². The Morgan fingerprint density at radius 1 is 0.857 bits per heavy atom. The monoisotopic (exact) mass is 195 g/mol. The lowest BCUT2D eigenvalue weighted by Crippen LogP contribution is -2.18. The van der Waals surface area contributed by atoms with Gasteiger partial charge in [-0.15, -0.1) is 0 Å². The third-order valence-corrected chi connectivity index (χ3v) is 2.28. The molecule has 1 heteroatoms. The van der Waals surface area contributed by atoms with Crippen LogP contribution in [0.15, 0.2) is 0 Å². The molecular weight excluding hydrogens is 167 g/mol.